The maximum atomic E-state index is 6.06. The molecule has 2 aromatic rings. The molecular weight excluding hydrogens is 246 g/mol. The Labute approximate surface area is 120 Å². The average molecular weight is 267 g/mol. The van der Waals surface area contributed by atoms with Crippen LogP contribution < -0.4 is 10.1 Å². The van der Waals surface area contributed by atoms with Crippen LogP contribution in [0.1, 0.15) is 28.7 Å². The Hall–Kier alpha value is -1.96. The molecule has 1 heterocycles. The molecule has 2 heteroatoms. The van der Waals surface area contributed by atoms with Crippen molar-refractivity contribution in [3.8, 4) is 5.75 Å². The summed E-state index contributed by atoms with van der Waals surface area (Å²) < 4.78 is 6.06. The standard InChI is InChI=1S/C18H21NO/c1-13-8-9-14(2)16(11-13)12-20-17-7-3-5-15-6-4-10-19-18(15)17/h3,5,7-9,11,19H,4,6,10,12H2,1-2H3. The molecule has 0 saturated carbocycles. The van der Waals surface area contributed by atoms with E-state index in [0.29, 0.717) is 6.61 Å². The van der Waals surface area contributed by atoms with Crippen LogP contribution in [-0.2, 0) is 13.0 Å². The Morgan fingerprint density at radius 2 is 2.05 bits per heavy atom. The number of benzene rings is 2. The highest BCUT2D eigenvalue weighted by Gasteiger charge is 2.13. The first-order valence-electron chi connectivity index (χ1n) is 7.29. The topological polar surface area (TPSA) is 21.3 Å². The Kier molecular flexibility index (Phi) is 3.64. The van der Waals surface area contributed by atoms with Crippen molar-refractivity contribution in [1.82, 2.24) is 0 Å². The highest BCUT2D eigenvalue weighted by atomic mass is 16.5. The van der Waals surface area contributed by atoms with Gasteiger partial charge in [0.05, 0.1) is 5.69 Å². The molecule has 0 amide bonds. The van der Waals surface area contributed by atoms with E-state index in [4.69, 9.17) is 4.74 Å². The number of ether oxygens (including phenoxy) is 1. The van der Waals surface area contributed by atoms with Crippen molar-refractivity contribution >= 4 is 5.69 Å². The quantitative estimate of drug-likeness (QED) is 0.898. The minimum Gasteiger partial charge on any atom is -0.487 e. The molecule has 0 radical (unpaired) electrons. The molecule has 0 aliphatic carbocycles. The highest BCUT2D eigenvalue weighted by molar-refractivity contribution is 5.63. The van der Waals surface area contributed by atoms with Crippen molar-refractivity contribution in [1.29, 1.82) is 0 Å². The highest BCUT2D eigenvalue weighted by Crippen LogP contribution is 2.32. The summed E-state index contributed by atoms with van der Waals surface area (Å²) in [5.74, 6) is 0.975. The minimum atomic E-state index is 0.631. The van der Waals surface area contributed by atoms with Gasteiger partial charge in [0.2, 0.25) is 0 Å². The number of fused-ring (bicyclic) bond motifs is 1. The molecule has 1 aliphatic heterocycles. The zero-order valence-electron chi connectivity index (χ0n) is 12.2. The SMILES string of the molecule is Cc1ccc(C)c(COc2cccc3c2NCCC3)c1. The van der Waals surface area contributed by atoms with Crippen molar-refractivity contribution in [3.63, 3.8) is 0 Å². The van der Waals surface area contributed by atoms with Gasteiger partial charge >= 0.3 is 0 Å². The third kappa shape index (κ3) is 2.64. The molecule has 0 bridgehead atoms. The third-order valence-corrected chi connectivity index (χ3v) is 3.93. The third-order valence-electron chi connectivity index (χ3n) is 3.93. The van der Waals surface area contributed by atoms with E-state index < -0.39 is 0 Å². The van der Waals surface area contributed by atoms with Gasteiger partial charge in [-0.2, -0.15) is 0 Å². The average Bonchev–Trinajstić information content (AvgIpc) is 2.48. The fraction of sp³-hybridized carbons (Fsp3) is 0.333. The van der Waals surface area contributed by atoms with Crippen LogP contribution in [0.2, 0.25) is 0 Å². The first kappa shape index (κ1) is 13.0. The van der Waals surface area contributed by atoms with Crippen LogP contribution in [0.3, 0.4) is 0 Å². The van der Waals surface area contributed by atoms with Crippen LogP contribution in [0, 0.1) is 13.8 Å². The number of hydrogen-bond acceptors (Lipinski definition) is 2. The number of para-hydroxylation sites is 1. The van der Waals surface area contributed by atoms with Crippen LogP contribution in [0.15, 0.2) is 36.4 Å². The number of rotatable bonds is 3. The first-order valence-corrected chi connectivity index (χ1v) is 7.29. The summed E-state index contributed by atoms with van der Waals surface area (Å²) in [4.78, 5) is 0. The Morgan fingerprint density at radius 3 is 2.95 bits per heavy atom. The lowest BCUT2D eigenvalue weighted by Gasteiger charge is -2.21. The van der Waals surface area contributed by atoms with Gasteiger partial charge in [0.15, 0.2) is 0 Å². The maximum absolute atomic E-state index is 6.06. The molecule has 0 atom stereocenters. The normalized spacial score (nSPS) is 13.5. The molecule has 2 nitrogen and oxygen atoms in total. The molecule has 0 saturated heterocycles. The van der Waals surface area contributed by atoms with Gasteiger partial charge < -0.3 is 10.1 Å². The summed E-state index contributed by atoms with van der Waals surface area (Å²) in [7, 11) is 0. The Morgan fingerprint density at radius 1 is 1.15 bits per heavy atom. The number of nitrogens with one attached hydrogen (secondary N) is 1. The molecule has 0 unspecified atom stereocenters. The van der Waals surface area contributed by atoms with E-state index in [9.17, 15) is 0 Å². The van der Waals surface area contributed by atoms with Crippen molar-refractivity contribution < 1.29 is 4.74 Å². The van der Waals surface area contributed by atoms with Gasteiger partial charge in [0.25, 0.3) is 0 Å². The molecule has 0 spiro atoms. The van der Waals surface area contributed by atoms with Gasteiger partial charge in [0, 0.05) is 6.54 Å². The maximum Gasteiger partial charge on any atom is 0.143 e. The zero-order chi connectivity index (χ0) is 13.9. The van der Waals surface area contributed by atoms with E-state index in [1.54, 1.807) is 0 Å². The van der Waals surface area contributed by atoms with Gasteiger partial charge in [-0.25, -0.2) is 0 Å². The van der Waals surface area contributed by atoms with Crippen LogP contribution in [0.5, 0.6) is 5.75 Å². The first-order chi connectivity index (χ1) is 9.74. The Bertz CT molecular complexity index is 619. The number of anilines is 1. The smallest absolute Gasteiger partial charge is 0.143 e. The molecule has 2 aromatic carbocycles. The van der Waals surface area contributed by atoms with Crippen molar-refractivity contribution in [2.75, 3.05) is 11.9 Å². The van der Waals surface area contributed by atoms with Crippen LogP contribution in [0.4, 0.5) is 5.69 Å². The van der Waals surface area contributed by atoms with Gasteiger partial charge in [-0.3, -0.25) is 0 Å². The Balaban J connectivity index is 1.80. The van der Waals surface area contributed by atoms with Crippen molar-refractivity contribution in [2.45, 2.75) is 33.3 Å². The molecule has 1 N–H and O–H groups in total. The predicted molar refractivity (Wildman–Crippen MR) is 83.5 cm³/mol. The van der Waals surface area contributed by atoms with Gasteiger partial charge in [-0.15, -0.1) is 0 Å². The second-order valence-electron chi connectivity index (χ2n) is 5.54. The number of aryl methyl sites for hydroxylation is 3. The fourth-order valence-electron chi connectivity index (χ4n) is 2.71. The van der Waals surface area contributed by atoms with Gasteiger partial charge in [-0.1, -0.05) is 35.9 Å². The van der Waals surface area contributed by atoms with E-state index >= 15 is 0 Å². The van der Waals surface area contributed by atoms with Crippen molar-refractivity contribution in [2.24, 2.45) is 0 Å². The van der Waals surface area contributed by atoms with E-state index in [2.05, 4.69) is 55.6 Å². The summed E-state index contributed by atoms with van der Waals surface area (Å²) in [6, 6.07) is 12.8. The van der Waals surface area contributed by atoms with E-state index in [0.717, 1.165) is 18.7 Å². The van der Waals surface area contributed by atoms with Crippen LogP contribution in [0.25, 0.3) is 0 Å². The molecule has 3 rings (SSSR count). The summed E-state index contributed by atoms with van der Waals surface area (Å²) in [6.07, 6.45) is 2.34. The summed E-state index contributed by atoms with van der Waals surface area (Å²) >= 11 is 0. The van der Waals surface area contributed by atoms with E-state index in [1.165, 1.54) is 34.4 Å². The molecular formula is C18H21NO. The largest absolute Gasteiger partial charge is 0.487 e. The van der Waals surface area contributed by atoms with E-state index in [-0.39, 0.29) is 0 Å². The zero-order valence-corrected chi connectivity index (χ0v) is 12.2. The van der Waals surface area contributed by atoms with Gasteiger partial charge in [-0.05, 0) is 49.4 Å². The fourth-order valence-corrected chi connectivity index (χ4v) is 2.71. The summed E-state index contributed by atoms with van der Waals surface area (Å²) in [5.41, 5.74) is 6.38. The molecule has 104 valence electrons. The lowest BCUT2D eigenvalue weighted by molar-refractivity contribution is 0.306. The second-order valence-corrected chi connectivity index (χ2v) is 5.54. The number of hydrogen-bond donors (Lipinski definition) is 1. The molecule has 0 fully saturated rings. The summed E-state index contributed by atoms with van der Waals surface area (Å²) in [6.45, 7) is 5.92. The minimum absolute atomic E-state index is 0.631. The van der Waals surface area contributed by atoms with Crippen molar-refractivity contribution in [3.05, 3.63) is 58.7 Å². The second kappa shape index (κ2) is 5.58. The van der Waals surface area contributed by atoms with Crippen LogP contribution in [-0.4, -0.2) is 6.54 Å². The van der Waals surface area contributed by atoms with Gasteiger partial charge in [0.1, 0.15) is 12.4 Å². The monoisotopic (exact) mass is 267 g/mol. The van der Waals surface area contributed by atoms with E-state index in [1.807, 2.05) is 0 Å². The van der Waals surface area contributed by atoms with Crippen LogP contribution >= 0.6 is 0 Å². The molecule has 0 aromatic heterocycles. The molecule has 20 heavy (non-hydrogen) atoms. The molecule has 1 aliphatic rings. The lowest BCUT2D eigenvalue weighted by atomic mass is 10.0. The predicted octanol–water partition coefficient (Wildman–Crippen LogP) is 4.24. The lowest BCUT2D eigenvalue weighted by Crippen LogP contribution is -2.13. The summed E-state index contributed by atoms with van der Waals surface area (Å²) in [5, 5.41) is 3.47.